The predicted molar refractivity (Wildman–Crippen MR) is 236 cm³/mol. The van der Waals surface area contributed by atoms with Gasteiger partial charge in [0.1, 0.15) is 23.3 Å². The molecule has 4 aliphatic rings. The van der Waals surface area contributed by atoms with Crippen LogP contribution in [0.5, 0.6) is 17.2 Å². The zero-order chi connectivity index (χ0) is 45.0. The standard InChI is InChI=1S/C47H61N7O9/c1-7-9-39(42(56)49-29-55)54-44(58)34-11-10-32(22-35(34)45(54)59)63-19-8-15-52-17-13-47(14-18-52)23-30(24-47)25-48-46(60)53-16-12-33-36(27-51(4)43(57)37(33)28-53)31-20-40(61-5)38(26-50(2)3)41(21-31)62-6/h10-11,20-22,27,29-30,39H,7-9,12-19,23-26,28H2,1-6H3,(H,48,60)(H,49,55,56). The number of carbonyl (C=O) groups is 5. The number of benzene rings is 2. The molecule has 16 heteroatoms. The number of urea groups is 1. The highest BCUT2D eigenvalue weighted by Gasteiger charge is 2.46. The van der Waals surface area contributed by atoms with Crippen LogP contribution in [0.4, 0.5) is 4.79 Å². The number of imide groups is 2. The number of aromatic nitrogens is 1. The highest BCUT2D eigenvalue weighted by atomic mass is 16.5. The Labute approximate surface area is 368 Å². The summed E-state index contributed by atoms with van der Waals surface area (Å²) in [5.74, 6) is 0.541. The summed E-state index contributed by atoms with van der Waals surface area (Å²) in [5.41, 5.74) is 5.01. The number of nitrogens with one attached hydrogen (secondary N) is 2. The first kappa shape index (κ1) is 45.3. The van der Waals surface area contributed by atoms with Crippen molar-refractivity contribution in [1.82, 2.24) is 34.8 Å². The van der Waals surface area contributed by atoms with Gasteiger partial charge in [-0.05, 0) is 125 Å². The Morgan fingerprint density at radius 2 is 1.65 bits per heavy atom. The lowest BCUT2D eigenvalue weighted by Crippen LogP contribution is -2.51. The molecule has 1 saturated heterocycles. The van der Waals surface area contributed by atoms with Crippen molar-refractivity contribution in [2.45, 2.75) is 77.4 Å². The van der Waals surface area contributed by atoms with Gasteiger partial charge < -0.3 is 38.8 Å². The van der Waals surface area contributed by atoms with Crippen LogP contribution in [-0.4, -0.2) is 128 Å². The monoisotopic (exact) mass is 867 g/mol. The van der Waals surface area contributed by atoms with Crippen molar-refractivity contribution in [3.8, 4) is 28.4 Å². The van der Waals surface area contributed by atoms with E-state index in [0.29, 0.717) is 61.7 Å². The quantitative estimate of drug-likeness (QED) is 0.113. The van der Waals surface area contributed by atoms with Crippen molar-refractivity contribution in [3.63, 3.8) is 0 Å². The largest absolute Gasteiger partial charge is 0.496 e. The predicted octanol–water partition coefficient (Wildman–Crippen LogP) is 4.20. The number of nitrogens with zero attached hydrogens (tertiary/aromatic N) is 5. The molecule has 2 aromatic carbocycles. The Kier molecular flexibility index (Phi) is 13.9. The van der Waals surface area contributed by atoms with Crippen LogP contribution in [0.15, 0.2) is 41.3 Å². The van der Waals surface area contributed by atoms with Crippen molar-refractivity contribution in [1.29, 1.82) is 0 Å². The summed E-state index contributed by atoms with van der Waals surface area (Å²) in [6.45, 7) is 7.21. The van der Waals surface area contributed by atoms with Gasteiger partial charge in [0.05, 0.1) is 44.1 Å². The Bertz CT molecular complexity index is 2270. The van der Waals surface area contributed by atoms with E-state index >= 15 is 0 Å². The van der Waals surface area contributed by atoms with Crippen LogP contribution in [-0.2, 0) is 36.1 Å². The molecular formula is C47H61N7O9. The van der Waals surface area contributed by atoms with Gasteiger partial charge in [-0.25, -0.2) is 4.79 Å². The molecule has 1 unspecified atom stereocenters. The van der Waals surface area contributed by atoms with Crippen LogP contribution < -0.4 is 30.4 Å². The maximum absolute atomic E-state index is 13.5. The van der Waals surface area contributed by atoms with Crippen LogP contribution >= 0.6 is 0 Å². The molecule has 16 nitrogen and oxygen atoms in total. The molecule has 1 aromatic heterocycles. The van der Waals surface area contributed by atoms with Gasteiger partial charge in [-0.15, -0.1) is 0 Å². The van der Waals surface area contributed by atoms with Gasteiger partial charge in [0.15, 0.2) is 0 Å². The van der Waals surface area contributed by atoms with E-state index < -0.39 is 23.8 Å². The van der Waals surface area contributed by atoms with Crippen LogP contribution in [0.2, 0.25) is 0 Å². The molecule has 2 N–H and O–H groups in total. The van der Waals surface area contributed by atoms with Crippen molar-refractivity contribution in [3.05, 3.63) is 74.7 Å². The summed E-state index contributed by atoms with van der Waals surface area (Å²) in [6, 6.07) is 7.59. The van der Waals surface area contributed by atoms with Gasteiger partial charge in [0, 0.05) is 50.6 Å². The highest BCUT2D eigenvalue weighted by Crippen LogP contribution is 2.52. The summed E-state index contributed by atoms with van der Waals surface area (Å²) in [7, 11) is 9.04. The smallest absolute Gasteiger partial charge is 0.317 e. The van der Waals surface area contributed by atoms with E-state index in [9.17, 15) is 28.8 Å². The second-order valence-electron chi connectivity index (χ2n) is 17.8. The first-order valence-electron chi connectivity index (χ1n) is 22.1. The zero-order valence-electron chi connectivity index (χ0n) is 37.4. The van der Waals surface area contributed by atoms with Gasteiger partial charge in [-0.3, -0.25) is 34.2 Å². The van der Waals surface area contributed by atoms with E-state index in [1.54, 1.807) is 48.9 Å². The van der Waals surface area contributed by atoms with Crippen molar-refractivity contribution in [2.24, 2.45) is 18.4 Å². The zero-order valence-corrected chi connectivity index (χ0v) is 37.4. The average Bonchev–Trinajstić information content (AvgIpc) is 3.51. The Hall–Kier alpha value is -5.74. The molecule has 7 rings (SSSR count). The van der Waals surface area contributed by atoms with Gasteiger partial charge in [-0.2, -0.15) is 0 Å². The molecule has 1 saturated carbocycles. The molecule has 2 fully saturated rings. The number of amides is 6. The van der Waals surface area contributed by atoms with Gasteiger partial charge >= 0.3 is 6.03 Å². The average molecular weight is 868 g/mol. The first-order chi connectivity index (χ1) is 30.3. The van der Waals surface area contributed by atoms with Crippen LogP contribution in [0.25, 0.3) is 11.1 Å². The maximum atomic E-state index is 13.5. The summed E-state index contributed by atoms with van der Waals surface area (Å²) >= 11 is 0. The third-order valence-corrected chi connectivity index (χ3v) is 13.3. The van der Waals surface area contributed by atoms with Crippen molar-refractivity contribution >= 4 is 30.2 Å². The molecule has 338 valence electrons. The summed E-state index contributed by atoms with van der Waals surface area (Å²) in [5, 5.41) is 5.26. The third-order valence-electron chi connectivity index (χ3n) is 13.3. The number of rotatable bonds is 17. The number of hydrogen-bond acceptors (Lipinski definition) is 11. The minimum absolute atomic E-state index is 0.0970. The number of pyridine rings is 1. The topological polar surface area (TPSA) is 172 Å². The molecular weight excluding hydrogens is 807 g/mol. The van der Waals surface area contributed by atoms with E-state index in [4.69, 9.17) is 14.2 Å². The van der Waals surface area contributed by atoms with Crippen LogP contribution in [0.3, 0.4) is 0 Å². The lowest BCUT2D eigenvalue weighted by molar-refractivity contribution is -0.128. The Morgan fingerprint density at radius 3 is 2.30 bits per heavy atom. The molecule has 1 atom stereocenters. The lowest BCUT2D eigenvalue weighted by Gasteiger charge is -2.52. The number of methoxy groups -OCH3 is 2. The molecule has 3 aromatic rings. The number of piperidine rings is 1. The van der Waals surface area contributed by atoms with E-state index in [1.165, 1.54) is 0 Å². The van der Waals surface area contributed by atoms with Gasteiger partial charge in [0.25, 0.3) is 17.4 Å². The number of hydrogen-bond donors (Lipinski definition) is 2. The fraction of sp³-hybridized carbons (Fsp3) is 0.532. The molecule has 6 amide bonds. The first-order valence-corrected chi connectivity index (χ1v) is 22.1. The van der Waals surface area contributed by atoms with E-state index in [-0.39, 0.29) is 42.1 Å². The highest BCUT2D eigenvalue weighted by molar-refractivity contribution is 6.23. The number of likely N-dealkylation sites (tertiary alicyclic amines) is 1. The summed E-state index contributed by atoms with van der Waals surface area (Å²) in [6.07, 6.45) is 8.70. The molecule has 0 bridgehead atoms. The number of ether oxygens (including phenoxy) is 3. The molecule has 1 spiro atoms. The molecule has 63 heavy (non-hydrogen) atoms. The summed E-state index contributed by atoms with van der Waals surface area (Å²) in [4.78, 5) is 83.9. The second kappa shape index (κ2) is 19.3. The molecule has 4 heterocycles. The lowest BCUT2D eigenvalue weighted by atomic mass is 9.57. The molecule has 0 radical (unpaired) electrons. The minimum atomic E-state index is -1.06. The minimum Gasteiger partial charge on any atom is -0.496 e. The maximum Gasteiger partial charge on any atom is 0.317 e. The number of fused-ring (bicyclic) bond motifs is 2. The number of aryl methyl sites for hydroxylation is 1. The van der Waals surface area contributed by atoms with Gasteiger partial charge in [-0.1, -0.05) is 13.3 Å². The molecule has 3 aliphatic heterocycles. The number of carbonyl (C=O) groups excluding carboxylic acids is 5. The van der Waals surface area contributed by atoms with E-state index in [0.717, 1.165) is 90.4 Å². The van der Waals surface area contributed by atoms with Crippen LogP contribution in [0.1, 0.15) is 89.3 Å². The molecule has 1 aliphatic carbocycles. The van der Waals surface area contributed by atoms with E-state index in [2.05, 4.69) is 20.4 Å². The second-order valence-corrected chi connectivity index (χ2v) is 17.8. The fourth-order valence-electron chi connectivity index (χ4n) is 10.0. The van der Waals surface area contributed by atoms with E-state index in [1.807, 2.05) is 39.3 Å². The Balaban J connectivity index is 0.849. The van der Waals surface area contributed by atoms with Crippen LogP contribution in [0, 0.1) is 11.3 Å². The third kappa shape index (κ3) is 9.47. The fourth-order valence-corrected chi connectivity index (χ4v) is 10.0. The SMILES string of the molecule is CCCC(C(=O)NC=O)N1C(=O)c2ccc(OCCCN3CCC4(CC3)CC(CNC(=O)N3CCc5c(-c6cc(OC)c(CN(C)C)c(OC)c6)cn(C)c(=O)c5C3)C4)cc2C1=O. The Morgan fingerprint density at radius 1 is 0.952 bits per heavy atom. The summed E-state index contributed by atoms with van der Waals surface area (Å²) < 4.78 is 19.2. The van der Waals surface area contributed by atoms with Crippen molar-refractivity contribution in [2.75, 3.05) is 67.6 Å². The normalized spacial score (nSPS) is 17.6. The van der Waals surface area contributed by atoms with Gasteiger partial charge in [0.2, 0.25) is 12.3 Å². The van der Waals surface area contributed by atoms with Crippen molar-refractivity contribution < 1.29 is 38.2 Å².